The van der Waals surface area contributed by atoms with Gasteiger partial charge in [0.05, 0.1) is 23.5 Å². The van der Waals surface area contributed by atoms with Crippen molar-refractivity contribution in [3.8, 4) is 5.75 Å². The van der Waals surface area contributed by atoms with Gasteiger partial charge < -0.3 is 20.5 Å². The number of alkyl halides is 2. The van der Waals surface area contributed by atoms with Gasteiger partial charge in [-0.3, -0.25) is 9.48 Å². The highest BCUT2D eigenvalue weighted by atomic mass is 19.3. The number of halogens is 2. The van der Waals surface area contributed by atoms with E-state index in [4.69, 9.17) is 15.2 Å². The van der Waals surface area contributed by atoms with E-state index in [2.05, 4.69) is 10.3 Å². The molecule has 3 aromatic rings. The highest BCUT2D eigenvalue weighted by molar-refractivity contribution is 5.88. The van der Waals surface area contributed by atoms with Crippen molar-refractivity contribution in [2.24, 2.45) is 10.7 Å². The van der Waals surface area contributed by atoms with Crippen molar-refractivity contribution < 1.29 is 18.3 Å². The molecule has 1 unspecified atom stereocenters. The minimum Gasteiger partial charge on any atom is -0.434 e. The third-order valence-electron chi connectivity index (χ3n) is 6.39. The zero-order valence-electron chi connectivity index (χ0n) is 19.1. The second-order valence-corrected chi connectivity index (χ2v) is 8.56. The Balaban J connectivity index is 0.000000453. The number of nitrogens with zero attached hydrogens (tertiary/aromatic N) is 3. The quantitative estimate of drug-likeness (QED) is 0.593. The average Bonchev–Trinajstić information content (AvgIpc) is 3.61. The minimum absolute atomic E-state index is 0.0932. The van der Waals surface area contributed by atoms with E-state index < -0.39 is 6.61 Å². The van der Waals surface area contributed by atoms with Crippen LogP contribution in [-0.2, 0) is 11.3 Å². The zero-order chi connectivity index (χ0) is 24.4. The van der Waals surface area contributed by atoms with E-state index >= 15 is 0 Å². The van der Waals surface area contributed by atoms with Crippen molar-refractivity contribution in [1.29, 1.82) is 0 Å². The monoisotopic (exact) mass is 483 g/mol. The van der Waals surface area contributed by atoms with Gasteiger partial charge in [0.15, 0.2) is 5.96 Å². The van der Waals surface area contributed by atoms with Crippen molar-refractivity contribution in [2.75, 3.05) is 19.8 Å². The van der Waals surface area contributed by atoms with E-state index in [1.807, 2.05) is 16.8 Å². The molecule has 0 radical (unpaired) electrons. The van der Waals surface area contributed by atoms with Crippen molar-refractivity contribution in [3.05, 3.63) is 70.1 Å². The number of rotatable bonds is 4. The van der Waals surface area contributed by atoms with Crippen LogP contribution >= 0.6 is 0 Å². The maximum atomic E-state index is 12.9. The number of fused-ring (bicyclic) bond motifs is 3. The lowest BCUT2D eigenvalue weighted by atomic mass is 10.0. The van der Waals surface area contributed by atoms with Gasteiger partial charge in [0.1, 0.15) is 5.75 Å². The zero-order valence-corrected chi connectivity index (χ0v) is 19.1. The molecule has 0 saturated carbocycles. The van der Waals surface area contributed by atoms with Gasteiger partial charge in [-0.25, -0.2) is 9.67 Å². The fraction of sp³-hybridized carbons (Fsp3) is 0.360. The summed E-state index contributed by atoms with van der Waals surface area (Å²) in [5.41, 5.74) is 8.79. The normalized spacial score (nSPS) is 19.0. The summed E-state index contributed by atoms with van der Waals surface area (Å²) in [6.07, 6.45) is 4.97. The first-order valence-electron chi connectivity index (χ1n) is 11.7. The fourth-order valence-corrected chi connectivity index (χ4v) is 4.73. The topological polar surface area (TPSA) is 95.8 Å². The lowest BCUT2D eigenvalue weighted by molar-refractivity contribution is -0.0507. The molecule has 4 heterocycles. The van der Waals surface area contributed by atoms with Crippen LogP contribution in [0.5, 0.6) is 5.75 Å². The molecule has 0 aliphatic carbocycles. The molecule has 0 spiro atoms. The number of para-hydroxylation sites is 1. The second kappa shape index (κ2) is 9.91. The summed E-state index contributed by atoms with van der Waals surface area (Å²) >= 11 is 0. The van der Waals surface area contributed by atoms with Gasteiger partial charge in [0, 0.05) is 31.5 Å². The number of aromatic nitrogens is 2. The average molecular weight is 484 g/mol. The van der Waals surface area contributed by atoms with Gasteiger partial charge >= 0.3 is 6.61 Å². The molecule has 6 rings (SSSR count). The Morgan fingerprint density at radius 2 is 1.97 bits per heavy atom. The molecule has 3 N–H and O–H groups in total. The van der Waals surface area contributed by atoms with Gasteiger partial charge in [0.25, 0.3) is 5.56 Å². The minimum atomic E-state index is -2.92. The summed E-state index contributed by atoms with van der Waals surface area (Å²) in [6, 6.07) is 12.1. The number of nitrogens with two attached hydrogens (primary N) is 1. The third-order valence-corrected chi connectivity index (χ3v) is 6.39. The molecule has 3 aliphatic heterocycles. The van der Waals surface area contributed by atoms with Gasteiger partial charge in [-0.15, -0.1) is 0 Å². The molecule has 0 bridgehead atoms. The summed E-state index contributed by atoms with van der Waals surface area (Å²) in [5, 5.41) is 3.49. The number of guanidine groups is 1. The fourth-order valence-electron chi connectivity index (χ4n) is 4.73. The van der Waals surface area contributed by atoms with Crippen LogP contribution in [-0.4, -0.2) is 41.7 Å². The molecular weight excluding hydrogens is 456 g/mol. The third kappa shape index (κ3) is 4.66. The van der Waals surface area contributed by atoms with Crippen molar-refractivity contribution in [2.45, 2.75) is 38.5 Å². The van der Waals surface area contributed by atoms with E-state index in [-0.39, 0.29) is 17.4 Å². The Morgan fingerprint density at radius 1 is 1.17 bits per heavy atom. The van der Waals surface area contributed by atoms with Gasteiger partial charge in [-0.2, -0.15) is 8.78 Å². The molecule has 184 valence electrons. The van der Waals surface area contributed by atoms with Crippen LogP contribution in [0.3, 0.4) is 0 Å². The Morgan fingerprint density at radius 3 is 2.66 bits per heavy atom. The lowest BCUT2D eigenvalue weighted by Crippen LogP contribution is -2.30. The van der Waals surface area contributed by atoms with E-state index in [9.17, 15) is 13.6 Å². The van der Waals surface area contributed by atoms with Crippen LogP contribution in [0, 0.1) is 0 Å². The smallest absolute Gasteiger partial charge is 0.387 e. The number of hydrogen-bond acceptors (Lipinski definition) is 6. The van der Waals surface area contributed by atoms with Crippen LogP contribution in [0.15, 0.2) is 58.5 Å². The lowest BCUT2D eigenvalue weighted by Gasteiger charge is -2.19. The van der Waals surface area contributed by atoms with Gasteiger partial charge in [-0.05, 0) is 48.6 Å². The molecule has 1 fully saturated rings. The van der Waals surface area contributed by atoms with E-state index in [0.29, 0.717) is 36.4 Å². The molecule has 2 aromatic carbocycles. The first-order valence-corrected chi connectivity index (χ1v) is 11.7. The Hall–Kier alpha value is -3.66. The molecule has 10 heteroatoms. The summed E-state index contributed by atoms with van der Waals surface area (Å²) in [5.74, 6) is 0.483. The number of aliphatic imine (C=N–C) groups is 1. The highest BCUT2D eigenvalue weighted by Gasteiger charge is 2.30. The van der Waals surface area contributed by atoms with Crippen LogP contribution < -0.4 is 21.3 Å². The Kier molecular flexibility index (Phi) is 6.54. The van der Waals surface area contributed by atoms with E-state index in [1.54, 1.807) is 35.1 Å². The molecule has 0 amide bonds. The van der Waals surface area contributed by atoms with Gasteiger partial charge in [-0.1, -0.05) is 24.3 Å². The predicted molar refractivity (Wildman–Crippen MR) is 130 cm³/mol. The van der Waals surface area contributed by atoms with Crippen molar-refractivity contribution in [3.63, 3.8) is 0 Å². The van der Waals surface area contributed by atoms with Gasteiger partial charge in [0.2, 0.25) is 0 Å². The summed E-state index contributed by atoms with van der Waals surface area (Å²) in [4.78, 5) is 17.1. The maximum absolute atomic E-state index is 12.9. The van der Waals surface area contributed by atoms with Crippen LogP contribution in [0.1, 0.15) is 36.4 Å². The molecule has 35 heavy (non-hydrogen) atoms. The summed E-state index contributed by atoms with van der Waals surface area (Å²) in [6.45, 7) is 0.0206. The molecule has 3 aliphatic rings. The number of ether oxygens (including phenoxy) is 2. The molecule has 8 nitrogen and oxygen atoms in total. The molecule has 1 saturated heterocycles. The maximum Gasteiger partial charge on any atom is 0.387 e. The highest BCUT2D eigenvalue weighted by Crippen LogP contribution is 2.37. The van der Waals surface area contributed by atoms with Crippen LogP contribution in [0.2, 0.25) is 0 Å². The SMILES string of the molecule is C1CCOC1.NC1=NCC(c2ccc3c(=O)n4n(c3c2)C(c2ccccc2OC(F)F)CC4)=CN1. The van der Waals surface area contributed by atoms with Crippen molar-refractivity contribution in [1.82, 2.24) is 14.7 Å². The first-order chi connectivity index (χ1) is 17.0. The number of benzene rings is 2. The first kappa shape index (κ1) is 23.1. The summed E-state index contributed by atoms with van der Waals surface area (Å²) < 4.78 is 39.1. The standard InChI is InChI=1S/C21H19F2N5O2.C4H8O/c22-20(23)30-18-4-2-1-3-14(18)16-7-8-27-19(29)15-6-5-12(9-17(15)28(16)27)13-10-25-21(24)26-11-13;1-2-4-5-3-1/h1-6,9-10,16,20H,7-8,11H2,(H3,24,25,26);1-4H2. The Labute approximate surface area is 200 Å². The van der Waals surface area contributed by atoms with Crippen LogP contribution in [0.4, 0.5) is 8.78 Å². The summed E-state index contributed by atoms with van der Waals surface area (Å²) in [7, 11) is 0. The van der Waals surface area contributed by atoms with E-state index in [1.165, 1.54) is 18.9 Å². The molecule has 1 atom stereocenters. The number of hydrogen-bond donors (Lipinski definition) is 2. The number of nitrogens with one attached hydrogen (secondary N) is 1. The second-order valence-electron chi connectivity index (χ2n) is 8.56. The van der Waals surface area contributed by atoms with Crippen LogP contribution in [0.25, 0.3) is 16.5 Å². The van der Waals surface area contributed by atoms with Crippen molar-refractivity contribution >= 4 is 22.4 Å². The predicted octanol–water partition coefficient (Wildman–Crippen LogP) is 3.45. The largest absolute Gasteiger partial charge is 0.434 e. The Bertz CT molecular complexity index is 1330. The molecule has 1 aromatic heterocycles. The van der Waals surface area contributed by atoms with E-state index in [0.717, 1.165) is 29.9 Å². The molecular formula is C25H27F2N5O3.